The van der Waals surface area contributed by atoms with Crippen LogP contribution in [-0.4, -0.2) is 40.7 Å². The number of aliphatic carboxylic acids is 1. The van der Waals surface area contributed by atoms with Crippen molar-refractivity contribution in [2.24, 2.45) is 17.0 Å². The third-order valence-corrected chi connectivity index (χ3v) is 6.07. The molecule has 2 aromatic rings. The van der Waals surface area contributed by atoms with Crippen LogP contribution < -0.4 is 21.7 Å². The van der Waals surface area contributed by atoms with E-state index in [4.69, 9.17) is 21.1 Å². The average molecular weight is 470 g/mol. The minimum Gasteiger partial charge on any atom is -0.490 e. The van der Waals surface area contributed by atoms with Gasteiger partial charge in [0.05, 0.1) is 29.5 Å². The Morgan fingerprint density at radius 1 is 1.35 bits per heavy atom. The molecule has 1 aromatic heterocycles. The van der Waals surface area contributed by atoms with Gasteiger partial charge in [-0.05, 0) is 56.5 Å². The quantitative estimate of drug-likeness (QED) is 0.322. The van der Waals surface area contributed by atoms with E-state index in [1.54, 1.807) is 13.8 Å². The molecule has 1 aromatic carbocycles. The van der Waals surface area contributed by atoms with Crippen molar-refractivity contribution in [2.75, 3.05) is 19.8 Å². The molecule has 1 atom stereocenters. The van der Waals surface area contributed by atoms with Crippen molar-refractivity contribution >= 4 is 5.97 Å². The van der Waals surface area contributed by atoms with Crippen LogP contribution in [0.2, 0.25) is 0 Å². The van der Waals surface area contributed by atoms with Crippen LogP contribution in [0, 0.1) is 19.3 Å². The fourth-order valence-corrected chi connectivity index (χ4v) is 3.98. The Labute approximate surface area is 200 Å². The van der Waals surface area contributed by atoms with Crippen LogP contribution in [0.25, 0.3) is 0 Å². The number of aryl methyl sites for hydroxylation is 2. The van der Waals surface area contributed by atoms with Gasteiger partial charge in [-0.1, -0.05) is 18.2 Å². The van der Waals surface area contributed by atoms with Gasteiger partial charge in [-0.2, -0.15) is 0 Å². The van der Waals surface area contributed by atoms with Gasteiger partial charge in [-0.3, -0.25) is 20.5 Å². The predicted octanol–water partition coefficient (Wildman–Crippen LogP) is 2.52. The zero-order chi connectivity index (χ0) is 24.9. The zero-order valence-electron chi connectivity index (χ0n) is 20.3. The van der Waals surface area contributed by atoms with Crippen LogP contribution in [-0.2, 0) is 22.6 Å². The maximum absolute atomic E-state index is 12.1. The Morgan fingerprint density at radius 3 is 2.82 bits per heavy atom. The van der Waals surface area contributed by atoms with E-state index in [0.717, 1.165) is 40.4 Å². The van der Waals surface area contributed by atoms with E-state index in [0.29, 0.717) is 25.4 Å². The van der Waals surface area contributed by atoms with E-state index in [-0.39, 0.29) is 6.61 Å². The summed E-state index contributed by atoms with van der Waals surface area (Å²) in [5.74, 6) is 5.15. The SMILES string of the molecule is Cc1ccc2c(n1)CN(Cc1cc(C(OC/C(N)=C/NN)C(C)(C)C(=O)O)ccc1C)CCO2. The minimum atomic E-state index is -1.18. The number of hydrogen-bond donors (Lipinski definition) is 4. The summed E-state index contributed by atoms with van der Waals surface area (Å²) in [6, 6.07) is 9.88. The van der Waals surface area contributed by atoms with Gasteiger partial charge in [0.25, 0.3) is 0 Å². The maximum Gasteiger partial charge on any atom is 0.312 e. The molecule has 184 valence electrons. The Morgan fingerprint density at radius 2 is 2.12 bits per heavy atom. The largest absolute Gasteiger partial charge is 0.490 e. The number of carbonyl (C=O) groups is 1. The van der Waals surface area contributed by atoms with Gasteiger partial charge < -0.3 is 25.7 Å². The number of rotatable bonds is 9. The molecule has 0 amide bonds. The highest BCUT2D eigenvalue weighted by atomic mass is 16.5. The van der Waals surface area contributed by atoms with Gasteiger partial charge >= 0.3 is 5.97 Å². The number of nitrogens with two attached hydrogens (primary N) is 2. The Kier molecular flexibility index (Phi) is 8.14. The maximum atomic E-state index is 12.1. The lowest BCUT2D eigenvalue weighted by molar-refractivity contribution is -0.156. The molecule has 0 saturated heterocycles. The summed E-state index contributed by atoms with van der Waals surface area (Å²) < 4.78 is 11.9. The summed E-state index contributed by atoms with van der Waals surface area (Å²) in [6.07, 6.45) is 0.701. The third kappa shape index (κ3) is 6.05. The molecule has 1 unspecified atom stereocenters. The summed E-state index contributed by atoms with van der Waals surface area (Å²) in [5.41, 5.74) is 12.3. The van der Waals surface area contributed by atoms with Crippen molar-refractivity contribution in [3.63, 3.8) is 0 Å². The molecule has 3 rings (SSSR count). The fraction of sp³-hybridized carbons (Fsp3) is 0.440. The normalized spacial score (nSPS) is 15.7. The smallest absolute Gasteiger partial charge is 0.312 e. The standard InChI is InChI=1S/C25H35N5O4/c1-16-5-7-18(23(25(3,4)24(31)32)34-15-20(26)12-28-27)11-19(16)13-30-9-10-33-22-8-6-17(2)29-21(22)14-30/h5-8,11-12,23,28H,9-10,13-15,26-27H2,1-4H3,(H,31,32)/b20-12-. The number of benzene rings is 1. The van der Waals surface area contributed by atoms with Gasteiger partial charge in [0.2, 0.25) is 0 Å². The first-order valence-corrected chi connectivity index (χ1v) is 11.3. The van der Waals surface area contributed by atoms with E-state index >= 15 is 0 Å². The molecule has 6 N–H and O–H groups in total. The monoisotopic (exact) mass is 469 g/mol. The summed E-state index contributed by atoms with van der Waals surface area (Å²) in [4.78, 5) is 19.0. The van der Waals surface area contributed by atoms with Crippen LogP contribution in [0.5, 0.6) is 5.75 Å². The fourth-order valence-electron chi connectivity index (χ4n) is 3.98. The van der Waals surface area contributed by atoms with Crippen LogP contribution >= 0.6 is 0 Å². The van der Waals surface area contributed by atoms with Crippen molar-refractivity contribution < 1.29 is 19.4 Å². The van der Waals surface area contributed by atoms with Crippen LogP contribution in [0.15, 0.2) is 42.2 Å². The number of nitrogens with one attached hydrogen (secondary N) is 1. The first-order chi connectivity index (χ1) is 16.1. The number of aromatic nitrogens is 1. The number of carboxylic acids is 1. The zero-order valence-corrected chi connectivity index (χ0v) is 20.3. The van der Waals surface area contributed by atoms with Crippen LogP contribution in [0.3, 0.4) is 0 Å². The molecular formula is C25H35N5O4. The second-order valence-corrected chi connectivity index (χ2v) is 9.25. The lowest BCUT2D eigenvalue weighted by Gasteiger charge is -2.31. The summed E-state index contributed by atoms with van der Waals surface area (Å²) in [7, 11) is 0. The second-order valence-electron chi connectivity index (χ2n) is 9.25. The average Bonchev–Trinajstić information content (AvgIpc) is 2.97. The Balaban J connectivity index is 1.87. The molecule has 2 heterocycles. The molecule has 0 radical (unpaired) electrons. The highest BCUT2D eigenvalue weighted by Gasteiger charge is 2.39. The molecule has 1 aliphatic heterocycles. The molecule has 0 spiro atoms. The summed E-state index contributed by atoms with van der Waals surface area (Å²) in [5, 5.41) is 9.89. The van der Waals surface area contributed by atoms with Gasteiger partial charge in [0.1, 0.15) is 12.4 Å². The number of carboxylic acid groups (broad SMARTS) is 1. The predicted molar refractivity (Wildman–Crippen MR) is 129 cm³/mol. The first-order valence-electron chi connectivity index (χ1n) is 11.3. The van der Waals surface area contributed by atoms with Crippen molar-refractivity contribution in [3.8, 4) is 5.75 Å². The van der Waals surface area contributed by atoms with E-state index in [1.165, 1.54) is 6.20 Å². The second kappa shape index (κ2) is 10.9. The highest BCUT2D eigenvalue weighted by molar-refractivity contribution is 5.74. The van der Waals surface area contributed by atoms with Crippen LogP contribution in [0.1, 0.15) is 48.0 Å². The summed E-state index contributed by atoms with van der Waals surface area (Å²) in [6.45, 7) is 10.1. The lowest BCUT2D eigenvalue weighted by atomic mass is 9.81. The Hall–Kier alpha value is -3.14. The topological polar surface area (TPSA) is 136 Å². The van der Waals surface area contributed by atoms with Gasteiger partial charge in [0, 0.05) is 31.5 Å². The molecule has 34 heavy (non-hydrogen) atoms. The van der Waals surface area contributed by atoms with Gasteiger partial charge in [0.15, 0.2) is 0 Å². The Bertz CT molecular complexity index is 1050. The van der Waals surface area contributed by atoms with Crippen molar-refractivity contribution in [2.45, 2.75) is 46.9 Å². The van der Waals surface area contributed by atoms with Crippen molar-refractivity contribution in [3.05, 3.63) is 70.3 Å². The first kappa shape index (κ1) is 25.5. The van der Waals surface area contributed by atoms with E-state index in [1.807, 2.05) is 37.3 Å². The van der Waals surface area contributed by atoms with Gasteiger partial charge in [-0.25, -0.2) is 0 Å². The van der Waals surface area contributed by atoms with Gasteiger partial charge in [-0.15, -0.1) is 0 Å². The molecule has 0 bridgehead atoms. The van der Waals surface area contributed by atoms with E-state index < -0.39 is 17.5 Å². The number of pyridine rings is 1. The molecule has 0 fully saturated rings. The number of hydrogen-bond acceptors (Lipinski definition) is 8. The molecule has 9 nitrogen and oxygen atoms in total. The van der Waals surface area contributed by atoms with E-state index in [9.17, 15) is 9.90 Å². The van der Waals surface area contributed by atoms with E-state index in [2.05, 4.69) is 22.2 Å². The molecule has 9 heteroatoms. The number of nitrogens with zero attached hydrogens (tertiary/aromatic N) is 2. The van der Waals surface area contributed by atoms with Crippen molar-refractivity contribution in [1.29, 1.82) is 0 Å². The molecule has 0 saturated carbocycles. The summed E-state index contributed by atoms with van der Waals surface area (Å²) >= 11 is 0. The molecular weight excluding hydrogens is 434 g/mol. The number of ether oxygens (including phenoxy) is 2. The number of hydrazine groups is 1. The highest BCUT2D eigenvalue weighted by Crippen LogP contribution is 2.38. The molecule has 1 aliphatic rings. The minimum absolute atomic E-state index is 0.0417. The molecule has 0 aliphatic carbocycles. The lowest BCUT2D eigenvalue weighted by Crippen LogP contribution is -2.34. The van der Waals surface area contributed by atoms with Crippen molar-refractivity contribution in [1.82, 2.24) is 15.3 Å². The van der Waals surface area contributed by atoms with Crippen LogP contribution in [0.4, 0.5) is 0 Å². The number of fused-ring (bicyclic) bond motifs is 1. The third-order valence-electron chi connectivity index (χ3n) is 6.07.